The molecule has 1 rings (SSSR count). The zero-order chi connectivity index (χ0) is 8.32. The van der Waals surface area contributed by atoms with Crippen LogP contribution in [0.25, 0.3) is 0 Å². The normalized spacial score (nSPS) is 29.2. The van der Waals surface area contributed by atoms with Gasteiger partial charge in [-0.15, -0.1) is 0 Å². The maximum absolute atomic E-state index is 8.63. The first kappa shape index (κ1) is 9.01. The summed E-state index contributed by atoms with van der Waals surface area (Å²) < 4.78 is 0. The molecule has 66 valence electrons. The van der Waals surface area contributed by atoms with Crippen molar-refractivity contribution in [3.05, 3.63) is 0 Å². The minimum absolute atomic E-state index is 0.257. The molecule has 1 fully saturated rings. The molecule has 0 amide bonds. The summed E-state index contributed by atoms with van der Waals surface area (Å²) >= 11 is 0. The average molecular weight is 157 g/mol. The first-order valence-corrected chi connectivity index (χ1v) is 4.51. The van der Waals surface area contributed by atoms with Crippen molar-refractivity contribution in [1.29, 1.82) is 0 Å². The molecular weight excluding hydrogens is 138 g/mol. The van der Waals surface area contributed by atoms with Crippen molar-refractivity contribution < 1.29 is 5.11 Å². The lowest BCUT2D eigenvalue weighted by Crippen LogP contribution is -2.39. The fourth-order valence-electron chi connectivity index (χ4n) is 1.94. The third-order valence-electron chi connectivity index (χ3n) is 2.76. The Balaban J connectivity index is 2.32. The predicted octanol–water partition coefficient (Wildman–Crippen LogP) is 1.15. The van der Waals surface area contributed by atoms with Gasteiger partial charge in [0.05, 0.1) is 6.61 Å². The van der Waals surface area contributed by atoms with Gasteiger partial charge in [-0.1, -0.05) is 20.3 Å². The molecule has 0 aliphatic heterocycles. The van der Waals surface area contributed by atoms with Crippen LogP contribution in [0.2, 0.25) is 0 Å². The molecule has 0 radical (unpaired) electrons. The molecule has 11 heavy (non-hydrogen) atoms. The Morgan fingerprint density at radius 2 is 2.27 bits per heavy atom. The molecule has 1 unspecified atom stereocenters. The van der Waals surface area contributed by atoms with Gasteiger partial charge in [0.2, 0.25) is 0 Å². The Kier molecular flexibility index (Phi) is 2.90. The summed E-state index contributed by atoms with van der Waals surface area (Å²) in [5, 5.41) is 12.0. The van der Waals surface area contributed by atoms with Gasteiger partial charge in [-0.3, -0.25) is 0 Å². The van der Waals surface area contributed by atoms with E-state index in [1.807, 2.05) is 0 Å². The van der Waals surface area contributed by atoms with E-state index in [0.717, 1.165) is 6.54 Å². The van der Waals surface area contributed by atoms with Crippen LogP contribution >= 0.6 is 0 Å². The third kappa shape index (κ3) is 2.17. The van der Waals surface area contributed by atoms with Gasteiger partial charge in [0, 0.05) is 12.6 Å². The molecule has 0 aromatic carbocycles. The Hall–Kier alpha value is -0.0800. The van der Waals surface area contributed by atoms with Crippen LogP contribution in [0.5, 0.6) is 0 Å². The molecule has 2 N–H and O–H groups in total. The lowest BCUT2D eigenvalue weighted by atomic mass is 9.87. The van der Waals surface area contributed by atoms with Gasteiger partial charge >= 0.3 is 0 Å². The van der Waals surface area contributed by atoms with E-state index in [2.05, 4.69) is 19.2 Å². The van der Waals surface area contributed by atoms with Gasteiger partial charge in [0.15, 0.2) is 0 Å². The van der Waals surface area contributed by atoms with E-state index in [0.29, 0.717) is 11.5 Å². The summed E-state index contributed by atoms with van der Waals surface area (Å²) in [6.45, 7) is 5.60. The molecule has 0 heterocycles. The highest BCUT2D eigenvalue weighted by molar-refractivity contribution is 4.89. The van der Waals surface area contributed by atoms with Crippen molar-refractivity contribution in [2.24, 2.45) is 5.41 Å². The summed E-state index contributed by atoms with van der Waals surface area (Å²) in [5.74, 6) is 0. The number of aliphatic hydroxyl groups excluding tert-OH is 1. The SMILES string of the molecule is CC1(C)CCCC1NCCO. The maximum atomic E-state index is 8.63. The van der Waals surface area contributed by atoms with E-state index in [4.69, 9.17) is 5.11 Å². The molecule has 0 aromatic heterocycles. The molecule has 0 aromatic rings. The number of aliphatic hydroxyl groups is 1. The number of hydrogen-bond acceptors (Lipinski definition) is 2. The fourth-order valence-corrected chi connectivity index (χ4v) is 1.94. The molecule has 0 spiro atoms. The van der Waals surface area contributed by atoms with Crippen LogP contribution in [0.1, 0.15) is 33.1 Å². The predicted molar refractivity (Wildman–Crippen MR) is 46.5 cm³/mol. The van der Waals surface area contributed by atoms with Crippen LogP contribution < -0.4 is 5.32 Å². The minimum atomic E-state index is 0.257. The van der Waals surface area contributed by atoms with Crippen molar-refractivity contribution >= 4 is 0 Å². The number of nitrogens with one attached hydrogen (secondary N) is 1. The van der Waals surface area contributed by atoms with Crippen LogP contribution in [-0.2, 0) is 0 Å². The second-order valence-electron chi connectivity index (χ2n) is 4.11. The summed E-state index contributed by atoms with van der Waals surface area (Å²) in [7, 11) is 0. The quantitative estimate of drug-likeness (QED) is 0.644. The van der Waals surface area contributed by atoms with Crippen LogP contribution in [0.3, 0.4) is 0 Å². The zero-order valence-electron chi connectivity index (χ0n) is 7.56. The van der Waals surface area contributed by atoms with E-state index < -0.39 is 0 Å². The summed E-state index contributed by atoms with van der Waals surface area (Å²) in [4.78, 5) is 0. The topological polar surface area (TPSA) is 32.3 Å². The minimum Gasteiger partial charge on any atom is -0.395 e. The van der Waals surface area contributed by atoms with Crippen LogP contribution in [0.4, 0.5) is 0 Å². The van der Waals surface area contributed by atoms with E-state index in [9.17, 15) is 0 Å². The lowest BCUT2D eigenvalue weighted by molar-refractivity contribution is 0.243. The molecule has 2 heteroatoms. The maximum Gasteiger partial charge on any atom is 0.0556 e. The van der Waals surface area contributed by atoms with Crippen LogP contribution in [0, 0.1) is 5.41 Å². The molecule has 2 nitrogen and oxygen atoms in total. The van der Waals surface area contributed by atoms with Crippen molar-refractivity contribution in [2.45, 2.75) is 39.2 Å². The van der Waals surface area contributed by atoms with Gasteiger partial charge in [0.25, 0.3) is 0 Å². The highest BCUT2D eigenvalue weighted by atomic mass is 16.3. The molecule has 0 saturated heterocycles. The van der Waals surface area contributed by atoms with Gasteiger partial charge in [0.1, 0.15) is 0 Å². The second kappa shape index (κ2) is 3.55. The highest BCUT2D eigenvalue weighted by Gasteiger charge is 2.33. The van der Waals surface area contributed by atoms with Crippen LogP contribution in [-0.4, -0.2) is 24.3 Å². The number of hydrogen-bond donors (Lipinski definition) is 2. The Labute approximate surface area is 69.0 Å². The smallest absolute Gasteiger partial charge is 0.0556 e. The lowest BCUT2D eigenvalue weighted by Gasteiger charge is -2.27. The van der Waals surface area contributed by atoms with Gasteiger partial charge in [-0.2, -0.15) is 0 Å². The van der Waals surface area contributed by atoms with E-state index >= 15 is 0 Å². The first-order chi connectivity index (χ1) is 5.17. The van der Waals surface area contributed by atoms with Crippen molar-refractivity contribution in [2.75, 3.05) is 13.2 Å². The number of rotatable bonds is 3. The molecule has 1 saturated carbocycles. The van der Waals surface area contributed by atoms with E-state index in [1.54, 1.807) is 0 Å². The molecular formula is C9H19NO. The molecule has 1 aliphatic rings. The van der Waals surface area contributed by atoms with Gasteiger partial charge < -0.3 is 10.4 Å². The zero-order valence-corrected chi connectivity index (χ0v) is 7.56. The summed E-state index contributed by atoms with van der Waals surface area (Å²) in [6.07, 6.45) is 3.92. The van der Waals surface area contributed by atoms with Crippen molar-refractivity contribution in [1.82, 2.24) is 5.32 Å². The monoisotopic (exact) mass is 157 g/mol. The fraction of sp³-hybridized carbons (Fsp3) is 1.00. The average Bonchev–Trinajstić information content (AvgIpc) is 2.25. The second-order valence-corrected chi connectivity index (χ2v) is 4.11. The van der Waals surface area contributed by atoms with Gasteiger partial charge in [-0.05, 0) is 18.3 Å². The molecule has 0 bridgehead atoms. The van der Waals surface area contributed by atoms with E-state index in [-0.39, 0.29) is 6.61 Å². The Bertz CT molecular complexity index is 123. The van der Waals surface area contributed by atoms with Gasteiger partial charge in [-0.25, -0.2) is 0 Å². The molecule has 1 aliphatic carbocycles. The summed E-state index contributed by atoms with van der Waals surface area (Å²) in [6, 6.07) is 0.620. The summed E-state index contributed by atoms with van der Waals surface area (Å²) in [5.41, 5.74) is 0.440. The van der Waals surface area contributed by atoms with Crippen LogP contribution in [0.15, 0.2) is 0 Å². The third-order valence-corrected chi connectivity index (χ3v) is 2.76. The standard InChI is InChI=1S/C9H19NO/c1-9(2)5-3-4-8(9)10-6-7-11/h8,10-11H,3-7H2,1-2H3. The largest absolute Gasteiger partial charge is 0.395 e. The van der Waals surface area contributed by atoms with E-state index in [1.165, 1.54) is 19.3 Å². The Morgan fingerprint density at radius 3 is 2.73 bits per heavy atom. The molecule has 1 atom stereocenters. The van der Waals surface area contributed by atoms with Crippen molar-refractivity contribution in [3.63, 3.8) is 0 Å². The highest BCUT2D eigenvalue weighted by Crippen LogP contribution is 2.36. The Morgan fingerprint density at radius 1 is 1.55 bits per heavy atom. The first-order valence-electron chi connectivity index (χ1n) is 4.51. The van der Waals surface area contributed by atoms with Crippen molar-refractivity contribution in [3.8, 4) is 0 Å².